The normalized spacial score (nSPS) is 18.9. The highest BCUT2D eigenvalue weighted by atomic mass is 16.1. The van der Waals surface area contributed by atoms with E-state index >= 15 is 0 Å². The van der Waals surface area contributed by atoms with Crippen molar-refractivity contribution in [1.82, 2.24) is 10.2 Å². The van der Waals surface area contributed by atoms with E-state index in [9.17, 15) is 4.79 Å². The molecule has 0 aromatic carbocycles. The van der Waals surface area contributed by atoms with Gasteiger partial charge >= 0.3 is 0 Å². The van der Waals surface area contributed by atoms with Crippen molar-refractivity contribution in [3.8, 4) is 0 Å². The quantitative estimate of drug-likeness (QED) is 0.725. The third-order valence-corrected chi connectivity index (χ3v) is 4.33. The molecule has 0 aliphatic heterocycles. The molecule has 0 atom stereocenters. The van der Waals surface area contributed by atoms with E-state index in [-0.39, 0.29) is 11.4 Å². The standard InChI is InChI=1S/C14H29N3O/c1-3-17(11-7-8-13(18)16-2)14(12-15)9-5-4-6-10-14/h3-12,15H2,1-2H3,(H,16,18). The van der Waals surface area contributed by atoms with E-state index in [4.69, 9.17) is 5.73 Å². The number of hydrogen-bond donors (Lipinski definition) is 2. The summed E-state index contributed by atoms with van der Waals surface area (Å²) in [6.45, 7) is 4.97. The number of nitrogens with two attached hydrogens (primary N) is 1. The molecular weight excluding hydrogens is 226 g/mol. The van der Waals surface area contributed by atoms with Crippen LogP contribution in [0, 0.1) is 0 Å². The summed E-state index contributed by atoms with van der Waals surface area (Å²) in [5.74, 6) is 0.136. The van der Waals surface area contributed by atoms with E-state index in [0.717, 1.165) is 26.1 Å². The summed E-state index contributed by atoms with van der Waals surface area (Å²) in [5.41, 5.74) is 6.26. The van der Waals surface area contributed by atoms with E-state index in [1.165, 1.54) is 32.1 Å². The Balaban J connectivity index is 2.49. The summed E-state index contributed by atoms with van der Waals surface area (Å²) >= 11 is 0. The first-order valence-electron chi connectivity index (χ1n) is 7.34. The third kappa shape index (κ3) is 3.95. The Morgan fingerprint density at radius 2 is 2.00 bits per heavy atom. The van der Waals surface area contributed by atoms with Crippen LogP contribution < -0.4 is 11.1 Å². The molecule has 1 saturated carbocycles. The lowest BCUT2D eigenvalue weighted by atomic mass is 9.80. The van der Waals surface area contributed by atoms with Crippen molar-refractivity contribution in [3.05, 3.63) is 0 Å². The van der Waals surface area contributed by atoms with Gasteiger partial charge in [-0.05, 0) is 32.4 Å². The lowest BCUT2D eigenvalue weighted by Gasteiger charge is -2.45. The highest BCUT2D eigenvalue weighted by Crippen LogP contribution is 2.32. The van der Waals surface area contributed by atoms with Gasteiger partial charge in [0.15, 0.2) is 0 Å². The Morgan fingerprint density at radius 3 is 2.50 bits per heavy atom. The van der Waals surface area contributed by atoms with Crippen LogP contribution in [0.25, 0.3) is 0 Å². The summed E-state index contributed by atoms with van der Waals surface area (Å²) in [4.78, 5) is 13.8. The van der Waals surface area contributed by atoms with Gasteiger partial charge < -0.3 is 11.1 Å². The molecule has 18 heavy (non-hydrogen) atoms. The van der Waals surface area contributed by atoms with Crippen LogP contribution >= 0.6 is 0 Å². The van der Waals surface area contributed by atoms with Crippen molar-refractivity contribution in [3.63, 3.8) is 0 Å². The average Bonchev–Trinajstić information content (AvgIpc) is 2.44. The van der Waals surface area contributed by atoms with E-state index in [1.54, 1.807) is 7.05 Å². The van der Waals surface area contributed by atoms with Crippen LogP contribution in [0.4, 0.5) is 0 Å². The number of nitrogens with one attached hydrogen (secondary N) is 1. The van der Waals surface area contributed by atoms with Gasteiger partial charge in [-0.3, -0.25) is 9.69 Å². The minimum atomic E-state index is 0.136. The SMILES string of the molecule is CCN(CCCC(=O)NC)C1(CN)CCCCC1. The van der Waals surface area contributed by atoms with Gasteiger partial charge in [-0.15, -0.1) is 0 Å². The first kappa shape index (κ1) is 15.4. The van der Waals surface area contributed by atoms with Gasteiger partial charge in [0.25, 0.3) is 0 Å². The first-order valence-corrected chi connectivity index (χ1v) is 7.34. The molecule has 4 heteroatoms. The second-order valence-electron chi connectivity index (χ2n) is 5.35. The number of likely N-dealkylation sites (N-methyl/N-ethyl adjacent to an activating group) is 1. The fourth-order valence-corrected chi connectivity index (χ4v) is 3.15. The largest absolute Gasteiger partial charge is 0.359 e. The van der Waals surface area contributed by atoms with Crippen LogP contribution in [0.1, 0.15) is 51.9 Å². The summed E-state index contributed by atoms with van der Waals surface area (Å²) in [7, 11) is 1.70. The van der Waals surface area contributed by atoms with Gasteiger partial charge in [0.2, 0.25) is 5.91 Å². The maximum Gasteiger partial charge on any atom is 0.219 e. The zero-order valence-electron chi connectivity index (χ0n) is 12.0. The zero-order valence-corrected chi connectivity index (χ0v) is 12.0. The van der Waals surface area contributed by atoms with Crippen LogP contribution in [0.15, 0.2) is 0 Å². The monoisotopic (exact) mass is 255 g/mol. The Labute approximate surface area is 111 Å². The summed E-state index contributed by atoms with van der Waals surface area (Å²) < 4.78 is 0. The summed E-state index contributed by atoms with van der Waals surface area (Å²) in [6, 6.07) is 0. The summed E-state index contributed by atoms with van der Waals surface area (Å²) in [6.07, 6.45) is 7.92. The molecule has 1 aliphatic carbocycles. The van der Waals surface area contributed by atoms with Gasteiger partial charge in [-0.1, -0.05) is 26.2 Å². The average molecular weight is 255 g/mol. The molecule has 106 valence electrons. The van der Waals surface area contributed by atoms with Crippen LogP contribution in [0.5, 0.6) is 0 Å². The second-order valence-corrected chi connectivity index (χ2v) is 5.35. The fraction of sp³-hybridized carbons (Fsp3) is 0.929. The van der Waals surface area contributed by atoms with Crippen LogP contribution in [-0.4, -0.2) is 43.0 Å². The molecule has 0 aromatic heterocycles. The Kier molecular flexibility index (Phi) is 6.65. The van der Waals surface area contributed by atoms with E-state index in [1.807, 2.05) is 0 Å². The van der Waals surface area contributed by atoms with Gasteiger partial charge in [0.05, 0.1) is 0 Å². The fourth-order valence-electron chi connectivity index (χ4n) is 3.15. The molecule has 0 saturated heterocycles. The smallest absolute Gasteiger partial charge is 0.219 e. The Bertz CT molecular complexity index is 249. The molecule has 1 fully saturated rings. The van der Waals surface area contributed by atoms with Crippen molar-refractivity contribution in [2.24, 2.45) is 5.73 Å². The van der Waals surface area contributed by atoms with Crippen molar-refractivity contribution in [2.75, 3.05) is 26.7 Å². The highest BCUT2D eigenvalue weighted by Gasteiger charge is 2.35. The van der Waals surface area contributed by atoms with Crippen LogP contribution in [-0.2, 0) is 4.79 Å². The number of carbonyl (C=O) groups is 1. The van der Waals surface area contributed by atoms with Crippen molar-refractivity contribution in [1.29, 1.82) is 0 Å². The van der Waals surface area contributed by atoms with E-state index < -0.39 is 0 Å². The molecular formula is C14H29N3O. The van der Waals surface area contributed by atoms with Crippen molar-refractivity contribution in [2.45, 2.75) is 57.4 Å². The number of amides is 1. The number of nitrogens with zero attached hydrogens (tertiary/aromatic N) is 1. The van der Waals surface area contributed by atoms with Crippen molar-refractivity contribution >= 4 is 5.91 Å². The lowest BCUT2D eigenvalue weighted by molar-refractivity contribution is -0.120. The van der Waals surface area contributed by atoms with Gasteiger partial charge in [-0.2, -0.15) is 0 Å². The van der Waals surface area contributed by atoms with E-state index in [0.29, 0.717) is 6.42 Å². The van der Waals surface area contributed by atoms with Gasteiger partial charge in [-0.25, -0.2) is 0 Å². The first-order chi connectivity index (χ1) is 8.68. The molecule has 0 spiro atoms. The molecule has 0 heterocycles. The highest BCUT2D eigenvalue weighted by molar-refractivity contribution is 5.75. The molecule has 0 aromatic rings. The molecule has 0 radical (unpaired) electrons. The Morgan fingerprint density at radius 1 is 1.33 bits per heavy atom. The molecule has 1 aliphatic rings. The second kappa shape index (κ2) is 7.74. The van der Waals surface area contributed by atoms with Crippen molar-refractivity contribution < 1.29 is 4.79 Å². The molecule has 3 N–H and O–H groups in total. The predicted octanol–water partition coefficient (Wildman–Crippen LogP) is 1.50. The number of hydrogen-bond acceptors (Lipinski definition) is 3. The molecule has 4 nitrogen and oxygen atoms in total. The van der Waals surface area contributed by atoms with Crippen LogP contribution in [0.3, 0.4) is 0 Å². The topological polar surface area (TPSA) is 58.4 Å². The zero-order chi connectivity index (χ0) is 13.4. The Hall–Kier alpha value is -0.610. The lowest BCUT2D eigenvalue weighted by Crippen LogP contribution is -2.55. The molecule has 1 amide bonds. The molecule has 0 unspecified atom stereocenters. The van der Waals surface area contributed by atoms with E-state index in [2.05, 4.69) is 17.1 Å². The minimum absolute atomic E-state index is 0.136. The van der Waals surface area contributed by atoms with Gasteiger partial charge in [0.1, 0.15) is 0 Å². The number of carbonyl (C=O) groups excluding carboxylic acids is 1. The third-order valence-electron chi connectivity index (χ3n) is 4.33. The maximum atomic E-state index is 11.3. The molecule has 0 bridgehead atoms. The number of rotatable bonds is 7. The minimum Gasteiger partial charge on any atom is -0.359 e. The van der Waals surface area contributed by atoms with Gasteiger partial charge in [0, 0.05) is 25.6 Å². The molecule has 1 rings (SSSR count). The predicted molar refractivity (Wildman–Crippen MR) is 75.4 cm³/mol. The summed E-state index contributed by atoms with van der Waals surface area (Å²) in [5, 5.41) is 2.68. The maximum absolute atomic E-state index is 11.3. The van der Waals surface area contributed by atoms with Crippen LogP contribution in [0.2, 0.25) is 0 Å².